The second-order valence-electron chi connectivity index (χ2n) is 6.78. The Kier molecular flexibility index (Phi) is 6.80. The number of aromatic nitrogens is 2. The fourth-order valence-corrected chi connectivity index (χ4v) is 3.45. The zero-order valence-corrected chi connectivity index (χ0v) is 18.3. The molecule has 4 rings (SSSR count). The van der Waals surface area contributed by atoms with Crippen molar-refractivity contribution in [2.45, 2.75) is 0 Å². The van der Waals surface area contributed by atoms with Gasteiger partial charge in [0.2, 0.25) is 0 Å². The molecule has 158 valence electrons. The first-order valence-electron chi connectivity index (χ1n) is 9.77. The van der Waals surface area contributed by atoms with E-state index in [2.05, 4.69) is 20.6 Å². The maximum Gasteiger partial charge on any atom is 0.189 e. The number of allylic oxidation sites excluding steroid dienone is 1. The van der Waals surface area contributed by atoms with E-state index in [1.807, 2.05) is 36.4 Å². The Hall–Kier alpha value is -3.67. The lowest BCUT2D eigenvalue weighted by molar-refractivity contribution is 0.104. The summed E-state index contributed by atoms with van der Waals surface area (Å²) >= 11 is 12.2. The fraction of sp³-hybridized carbons (Fsp3) is 0. The number of rotatable bonds is 7. The van der Waals surface area contributed by atoms with E-state index in [9.17, 15) is 4.79 Å². The van der Waals surface area contributed by atoms with E-state index in [-0.39, 0.29) is 5.78 Å². The zero-order valence-electron chi connectivity index (χ0n) is 16.8. The maximum absolute atomic E-state index is 12.9. The molecule has 0 amide bonds. The van der Waals surface area contributed by atoms with Crippen molar-refractivity contribution in [2.24, 2.45) is 0 Å². The number of carbonyl (C=O) groups is 1. The van der Waals surface area contributed by atoms with Crippen LogP contribution in [0.2, 0.25) is 10.0 Å². The van der Waals surface area contributed by atoms with E-state index >= 15 is 0 Å². The molecule has 32 heavy (non-hydrogen) atoms. The van der Waals surface area contributed by atoms with Crippen molar-refractivity contribution in [3.63, 3.8) is 0 Å². The Labute approximate surface area is 195 Å². The van der Waals surface area contributed by atoms with Gasteiger partial charge in [-0.2, -0.15) is 0 Å². The number of halogens is 2. The van der Waals surface area contributed by atoms with E-state index in [1.165, 1.54) is 6.08 Å². The largest absolute Gasteiger partial charge is 0.340 e. The summed E-state index contributed by atoms with van der Waals surface area (Å²) in [7, 11) is 0. The van der Waals surface area contributed by atoms with Crippen molar-refractivity contribution in [3.05, 3.63) is 112 Å². The third kappa shape index (κ3) is 5.32. The number of hydrogen-bond donors (Lipinski definition) is 2. The highest BCUT2D eigenvalue weighted by molar-refractivity contribution is 6.36. The number of anilines is 4. The first-order valence-corrected chi connectivity index (χ1v) is 10.5. The predicted octanol–water partition coefficient (Wildman–Crippen LogP) is 7.17. The Morgan fingerprint density at radius 1 is 0.812 bits per heavy atom. The number of nitrogens with one attached hydrogen (secondary N) is 2. The minimum absolute atomic E-state index is 0.184. The molecule has 0 aliphatic heterocycles. The van der Waals surface area contributed by atoms with Gasteiger partial charge in [-0.25, -0.2) is 9.97 Å². The van der Waals surface area contributed by atoms with Crippen molar-refractivity contribution >= 4 is 58.1 Å². The molecule has 2 N–H and O–H groups in total. The van der Waals surface area contributed by atoms with Gasteiger partial charge in [-0.3, -0.25) is 4.79 Å². The summed E-state index contributed by atoms with van der Waals surface area (Å²) < 4.78 is 0. The van der Waals surface area contributed by atoms with Gasteiger partial charge in [-0.1, -0.05) is 41.4 Å². The third-order valence-electron chi connectivity index (χ3n) is 4.55. The Morgan fingerprint density at radius 3 is 2.34 bits per heavy atom. The zero-order chi connectivity index (χ0) is 22.3. The van der Waals surface area contributed by atoms with Gasteiger partial charge in [0.25, 0.3) is 0 Å². The Balaban J connectivity index is 1.56. The van der Waals surface area contributed by atoms with Crippen LogP contribution in [0.3, 0.4) is 0 Å². The monoisotopic (exact) mass is 460 g/mol. The van der Waals surface area contributed by atoms with Crippen molar-refractivity contribution in [3.8, 4) is 0 Å². The molecule has 0 unspecified atom stereocenters. The summed E-state index contributed by atoms with van der Waals surface area (Å²) in [4.78, 5) is 21.6. The van der Waals surface area contributed by atoms with Gasteiger partial charge in [-0.05, 0) is 66.7 Å². The van der Waals surface area contributed by atoms with Crippen molar-refractivity contribution in [1.82, 2.24) is 9.97 Å². The summed E-state index contributed by atoms with van der Waals surface area (Å²) in [6, 6.07) is 21.9. The van der Waals surface area contributed by atoms with Crippen LogP contribution in [0.25, 0.3) is 6.08 Å². The molecule has 2 aromatic carbocycles. The van der Waals surface area contributed by atoms with Gasteiger partial charge in [0, 0.05) is 28.7 Å². The maximum atomic E-state index is 12.9. The molecule has 0 radical (unpaired) electrons. The van der Waals surface area contributed by atoms with Crippen molar-refractivity contribution < 1.29 is 4.79 Å². The minimum Gasteiger partial charge on any atom is -0.340 e. The lowest BCUT2D eigenvalue weighted by atomic mass is 10.1. The molecule has 0 bridgehead atoms. The van der Waals surface area contributed by atoms with Crippen LogP contribution in [0.15, 0.2) is 91.3 Å². The molecule has 0 saturated heterocycles. The van der Waals surface area contributed by atoms with Crippen molar-refractivity contribution in [2.75, 3.05) is 10.6 Å². The first-order chi connectivity index (χ1) is 15.6. The molecule has 0 saturated carbocycles. The van der Waals surface area contributed by atoms with Crippen molar-refractivity contribution in [1.29, 1.82) is 0 Å². The Bertz CT molecular complexity index is 1280. The van der Waals surface area contributed by atoms with Crippen LogP contribution in [0.4, 0.5) is 23.0 Å². The highest BCUT2D eigenvalue weighted by Crippen LogP contribution is 2.29. The number of nitrogens with zero attached hydrogens (tertiary/aromatic N) is 2. The van der Waals surface area contributed by atoms with Crippen LogP contribution < -0.4 is 10.6 Å². The van der Waals surface area contributed by atoms with Gasteiger partial charge in [0.15, 0.2) is 5.78 Å². The lowest BCUT2D eigenvalue weighted by Crippen LogP contribution is -2.03. The van der Waals surface area contributed by atoms with Gasteiger partial charge in [0.05, 0.1) is 16.3 Å². The fourth-order valence-electron chi connectivity index (χ4n) is 2.99. The topological polar surface area (TPSA) is 66.9 Å². The molecule has 0 atom stereocenters. The highest BCUT2D eigenvalue weighted by atomic mass is 35.5. The van der Waals surface area contributed by atoms with Gasteiger partial charge >= 0.3 is 0 Å². The number of hydrogen-bond acceptors (Lipinski definition) is 5. The van der Waals surface area contributed by atoms with E-state index in [1.54, 1.807) is 54.9 Å². The predicted molar refractivity (Wildman–Crippen MR) is 131 cm³/mol. The third-order valence-corrected chi connectivity index (χ3v) is 5.09. The summed E-state index contributed by atoms with van der Waals surface area (Å²) in [5.41, 5.74) is 2.71. The first kappa shape index (κ1) is 21.6. The second kappa shape index (κ2) is 10.1. The quantitative estimate of drug-likeness (QED) is 0.226. The van der Waals surface area contributed by atoms with Crippen LogP contribution in [0.1, 0.15) is 15.9 Å². The van der Waals surface area contributed by atoms with E-state index in [0.717, 1.165) is 11.3 Å². The summed E-state index contributed by atoms with van der Waals surface area (Å²) in [6.07, 6.45) is 6.51. The minimum atomic E-state index is -0.184. The number of ketones is 1. The molecule has 0 fully saturated rings. The summed E-state index contributed by atoms with van der Waals surface area (Å²) in [5.74, 6) is 0.872. The standard InChI is InChI=1S/C25H18Cl2N4O/c26-18-11-12-22(21(27)16-18)31-24-17(6-4-14-28-24)10-13-23(32)20-9-5-15-29-25(20)30-19-7-2-1-3-8-19/h1-16H,(H,28,31)(H,29,30). The van der Waals surface area contributed by atoms with Crippen LogP contribution in [0.5, 0.6) is 0 Å². The highest BCUT2D eigenvalue weighted by Gasteiger charge is 2.11. The summed E-state index contributed by atoms with van der Waals surface area (Å²) in [6.45, 7) is 0. The number of carbonyl (C=O) groups excluding carboxylic acids is 1. The number of benzene rings is 2. The van der Waals surface area contributed by atoms with Crippen LogP contribution in [0, 0.1) is 0 Å². The Morgan fingerprint density at radius 2 is 1.56 bits per heavy atom. The SMILES string of the molecule is O=C(C=Cc1cccnc1Nc1ccc(Cl)cc1Cl)c1cccnc1Nc1ccccc1. The summed E-state index contributed by atoms with van der Waals surface area (Å²) in [5, 5.41) is 7.40. The van der Waals surface area contributed by atoms with Crippen LogP contribution in [-0.2, 0) is 0 Å². The van der Waals surface area contributed by atoms with Gasteiger partial charge in [0.1, 0.15) is 11.6 Å². The molecule has 4 aromatic rings. The molecule has 0 spiro atoms. The molecule has 7 heteroatoms. The number of pyridine rings is 2. The normalized spacial score (nSPS) is 10.8. The average Bonchev–Trinajstić information content (AvgIpc) is 2.81. The molecule has 0 aliphatic carbocycles. The van der Waals surface area contributed by atoms with Gasteiger partial charge in [-0.15, -0.1) is 0 Å². The molecule has 0 aliphatic rings. The van der Waals surface area contributed by atoms with Crippen LogP contribution in [-0.4, -0.2) is 15.8 Å². The molecule has 2 heterocycles. The molecular formula is C25H18Cl2N4O. The van der Waals surface area contributed by atoms with E-state index in [4.69, 9.17) is 23.2 Å². The van der Waals surface area contributed by atoms with E-state index in [0.29, 0.717) is 32.9 Å². The number of para-hydroxylation sites is 1. The van der Waals surface area contributed by atoms with E-state index < -0.39 is 0 Å². The van der Waals surface area contributed by atoms with Crippen LogP contribution >= 0.6 is 23.2 Å². The lowest BCUT2D eigenvalue weighted by Gasteiger charge is -2.10. The second-order valence-corrected chi connectivity index (χ2v) is 7.62. The molecule has 5 nitrogen and oxygen atoms in total. The average molecular weight is 461 g/mol. The molecule has 2 aromatic heterocycles. The van der Waals surface area contributed by atoms with Gasteiger partial charge < -0.3 is 10.6 Å². The smallest absolute Gasteiger partial charge is 0.189 e. The molecular weight excluding hydrogens is 443 g/mol.